The second-order valence-corrected chi connectivity index (χ2v) is 7.88. The number of benzene rings is 2. The van der Waals surface area contributed by atoms with E-state index < -0.39 is 17.9 Å². The van der Waals surface area contributed by atoms with Crippen LogP contribution in [0.15, 0.2) is 58.7 Å². The molecule has 8 nitrogen and oxygen atoms in total. The molecule has 2 aliphatic rings. The van der Waals surface area contributed by atoms with Crippen LogP contribution < -0.4 is 14.2 Å². The molecule has 3 aromatic rings. The summed E-state index contributed by atoms with van der Waals surface area (Å²) in [6.45, 7) is 1.53. The molecule has 0 N–H and O–H groups in total. The van der Waals surface area contributed by atoms with Gasteiger partial charge in [0, 0.05) is 23.1 Å². The summed E-state index contributed by atoms with van der Waals surface area (Å²) in [6, 6.07) is 13.8. The Bertz CT molecular complexity index is 1350. The predicted octanol–water partition coefficient (Wildman–Crippen LogP) is 4.20. The minimum absolute atomic E-state index is 0.00995. The van der Waals surface area contributed by atoms with E-state index in [4.69, 9.17) is 18.6 Å². The van der Waals surface area contributed by atoms with Crippen molar-refractivity contribution in [3.63, 3.8) is 0 Å². The summed E-state index contributed by atoms with van der Waals surface area (Å²) in [6.07, 6.45) is 1.55. The minimum Gasteiger partial charge on any atom is -0.482 e. The monoisotopic (exact) mass is 460 g/mol. The molecule has 172 valence electrons. The Labute approximate surface area is 194 Å². The van der Waals surface area contributed by atoms with Crippen molar-refractivity contribution in [3.05, 3.63) is 82.5 Å². The van der Waals surface area contributed by atoms with E-state index >= 15 is 0 Å². The third-order valence-corrected chi connectivity index (χ3v) is 5.68. The lowest BCUT2D eigenvalue weighted by Crippen LogP contribution is -2.22. The summed E-state index contributed by atoms with van der Waals surface area (Å²) in [5, 5.41) is 0. The molecule has 0 amide bonds. The first-order valence-electron chi connectivity index (χ1n) is 10.6. The SMILES string of the molecule is COC(=O)COc1ccccc1C1CC(=O)Oc2ccc3c(c21)OC(=Cc1ccc(C)o1)C3=O. The summed E-state index contributed by atoms with van der Waals surface area (Å²) >= 11 is 0. The van der Waals surface area contributed by atoms with Gasteiger partial charge in [-0.25, -0.2) is 4.79 Å². The summed E-state index contributed by atoms with van der Waals surface area (Å²) in [7, 11) is 1.28. The Kier molecular flexibility index (Phi) is 5.41. The molecule has 0 spiro atoms. The Morgan fingerprint density at radius 3 is 2.68 bits per heavy atom. The molecule has 1 unspecified atom stereocenters. The molecule has 2 aliphatic heterocycles. The van der Waals surface area contributed by atoms with E-state index in [0.29, 0.717) is 45.5 Å². The maximum Gasteiger partial charge on any atom is 0.343 e. The normalized spacial score (nSPS) is 17.6. The van der Waals surface area contributed by atoms with Gasteiger partial charge in [-0.3, -0.25) is 9.59 Å². The van der Waals surface area contributed by atoms with Crippen LogP contribution in [0.5, 0.6) is 17.2 Å². The fraction of sp³-hybridized carbons (Fsp3) is 0.192. The standard InChI is InChI=1S/C26H20O8/c1-14-7-8-15(32-14)11-21-25(29)17-9-10-20-24(26(17)34-21)18(12-22(27)33-20)16-5-3-4-6-19(16)31-13-23(28)30-2/h3-11,18H,12-13H2,1-2H3. The van der Waals surface area contributed by atoms with E-state index in [2.05, 4.69) is 4.74 Å². The number of carbonyl (C=O) groups is 3. The van der Waals surface area contributed by atoms with Gasteiger partial charge in [-0.05, 0) is 37.3 Å². The smallest absolute Gasteiger partial charge is 0.343 e. The van der Waals surface area contributed by atoms with Gasteiger partial charge in [0.2, 0.25) is 5.78 Å². The van der Waals surface area contributed by atoms with Crippen LogP contribution in [0, 0.1) is 6.92 Å². The lowest BCUT2D eigenvalue weighted by atomic mass is 9.84. The van der Waals surface area contributed by atoms with Gasteiger partial charge < -0.3 is 23.4 Å². The maximum atomic E-state index is 13.1. The third-order valence-electron chi connectivity index (χ3n) is 5.68. The van der Waals surface area contributed by atoms with Crippen LogP contribution >= 0.6 is 0 Å². The molecule has 1 aromatic heterocycles. The fourth-order valence-corrected chi connectivity index (χ4v) is 4.13. The molecule has 1 atom stereocenters. The molecule has 8 heteroatoms. The number of hydrogen-bond donors (Lipinski definition) is 0. The number of hydrogen-bond acceptors (Lipinski definition) is 8. The average molecular weight is 460 g/mol. The Balaban J connectivity index is 1.58. The molecule has 34 heavy (non-hydrogen) atoms. The number of para-hydroxylation sites is 1. The first-order chi connectivity index (χ1) is 16.4. The van der Waals surface area contributed by atoms with Crippen molar-refractivity contribution in [1.29, 1.82) is 0 Å². The predicted molar refractivity (Wildman–Crippen MR) is 119 cm³/mol. The molecular weight excluding hydrogens is 440 g/mol. The van der Waals surface area contributed by atoms with E-state index in [-0.39, 0.29) is 24.6 Å². The average Bonchev–Trinajstić information content (AvgIpc) is 3.39. The molecule has 3 heterocycles. The van der Waals surface area contributed by atoms with E-state index in [9.17, 15) is 14.4 Å². The van der Waals surface area contributed by atoms with Crippen molar-refractivity contribution in [2.24, 2.45) is 0 Å². The molecule has 0 fully saturated rings. The van der Waals surface area contributed by atoms with E-state index in [1.54, 1.807) is 54.6 Å². The minimum atomic E-state index is -0.531. The maximum absolute atomic E-state index is 13.1. The van der Waals surface area contributed by atoms with Crippen LogP contribution in [0.2, 0.25) is 0 Å². The van der Waals surface area contributed by atoms with Crippen molar-refractivity contribution in [2.45, 2.75) is 19.3 Å². The summed E-state index contributed by atoms with van der Waals surface area (Å²) in [4.78, 5) is 37.1. The lowest BCUT2D eigenvalue weighted by molar-refractivity contribution is -0.143. The molecule has 0 radical (unpaired) electrons. The number of Topliss-reactive ketones (excluding diaryl/α,β-unsaturated/α-hetero) is 1. The molecular formula is C26H20O8. The van der Waals surface area contributed by atoms with Crippen LogP contribution in [-0.4, -0.2) is 31.4 Å². The van der Waals surface area contributed by atoms with Crippen LogP contribution in [0.1, 0.15) is 45.3 Å². The van der Waals surface area contributed by atoms with Gasteiger partial charge in [-0.2, -0.15) is 0 Å². The quantitative estimate of drug-likeness (QED) is 0.317. The number of ketones is 1. The zero-order valence-electron chi connectivity index (χ0n) is 18.5. The Morgan fingerprint density at radius 1 is 1.09 bits per heavy atom. The summed E-state index contributed by atoms with van der Waals surface area (Å²) in [5.74, 6) is 0.613. The summed E-state index contributed by atoms with van der Waals surface area (Å²) < 4.78 is 27.4. The van der Waals surface area contributed by atoms with Gasteiger partial charge >= 0.3 is 11.9 Å². The van der Waals surface area contributed by atoms with Crippen molar-refractivity contribution in [3.8, 4) is 17.2 Å². The number of fused-ring (bicyclic) bond motifs is 3. The number of allylic oxidation sites excluding steroid dienone is 1. The largest absolute Gasteiger partial charge is 0.482 e. The Morgan fingerprint density at radius 2 is 1.91 bits per heavy atom. The third kappa shape index (κ3) is 3.83. The lowest BCUT2D eigenvalue weighted by Gasteiger charge is -2.27. The fourth-order valence-electron chi connectivity index (χ4n) is 4.13. The summed E-state index contributed by atoms with van der Waals surface area (Å²) in [5.41, 5.74) is 1.59. The topological polar surface area (TPSA) is 101 Å². The van der Waals surface area contributed by atoms with E-state index in [0.717, 1.165) is 0 Å². The number of aryl methyl sites for hydroxylation is 1. The van der Waals surface area contributed by atoms with Gasteiger partial charge in [-0.15, -0.1) is 0 Å². The molecule has 0 aliphatic carbocycles. The van der Waals surface area contributed by atoms with Crippen molar-refractivity contribution in [2.75, 3.05) is 13.7 Å². The zero-order chi connectivity index (χ0) is 23.8. The van der Waals surface area contributed by atoms with E-state index in [1.807, 2.05) is 6.92 Å². The van der Waals surface area contributed by atoms with Crippen LogP contribution in [0.25, 0.3) is 6.08 Å². The number of furan rings is 1. The highest BCUT2D eigenvalue weighted by atomic mass is 16.6. The van der Waals surface area contributed by atoms with Crippen molar-refractivity contribution >= 4 is 23.8 Å². The number of esters is 2. The molecule has 2 aromatic carbocycles. The highest BCUT2D eigenvalue weighted by molar-refractivity contribution is 6.15. The Hall–Kier alpha value is -4.33. The van der Waals surface area contributed by atoms with Crippen LogP contribution in [-0.2, 0) is 14.3 Å². The van der Waals surface area contributed by atoms with Gasteiger partial charge in [0.15, 0.2) is 12.4 Å². The number of ether oxygens (including phenoxy) is 4. The van der Waals surface area contributed by atoms with Crippen LogP contribution in [0.4, 0.5) is 0 Å². The molecule has 5 rings (SSSR count). The van der Waals surface area contributed by atoms with E-state index in [1.165, 1.54) is 7.11 Å². The second kappa shape index (κ2) is 8.55. The first-order valence-corrected chi connectivity index (χ1v) is 10.6. The number of rotatable bonds is 5. The van der Waals surface area contributed by atoms with Gasteiger partial charge in [-0.1, -0.05) is 18.2 Å². The first kappa shape index (κ1) is 21.5. The van der Waals surface area contributed by atoms with Gasteiger partial charge in [0.25, 0.3) is 0 Å². The van der Waals surface area contributed by atoms with Crippen molar-refractivity contribution in [1.82, 2.24) is 0 Å². The van der Waals surface area contributed by atoms with Gasteiger partial charge in [0.1, 0.15) is 28.8 Å². The molecule has 0 saturated carbocycles. The van der Waals surface area contributed by atoms with Crippen molar-refractivity contribution < 1.29 is 37.7 Å². The van der Waals surface area contributed by atoms with Gasteiger partial charge in [0.05, 0.1) is 19.1 Å². The number of carbonyl (C=O) groups excluding carboxylic acids is 3. The number of methoxy groups -OCH3 is 1. The van der Waals surface area contributed by atoms with Crippen LogP contribution in [0.3, 0.4) is 0 Å². The second-order valence-electron chi connectivity index (χ2n) is 7.88. The highest BCUT2D eigenvalue weighted by Gasteiger charge is 2.39. The zero-order valence-corrected chi connectivity index (χ0v) is 18.5. The molecule has 0 bridgehead atoms. The molecule has 0 saturated heterocycles. The highest BCUT2D eigenvalue weighted by Crippen LogP contribution is 2.50.